The summed E-state index contributed by atoms with van der Waals surface area (Å²) in [4.78, 5) is 24.7. The van der Waals surface area contributed by atoms with Crippen molar-refractivity contribution in [1.82, 2.24) is 39.5 Å². The highest BCUT2D eigenvalue weighted by Crippen LogP contribution is 2.18. The van der Waals surface area contributed by atoms with Crippen molar-refractivity contribution in [3.8, 4) is 24.0 Å². The monoisotopic (exact) mass is 644 g/mol. The van der Waals surface area contributed by atoms with Gasteiger partial charge in [-0.25, -0.2) is 32.5 Å². The van der Waals surface area contributed by atoms with E-state index in [1.807, 2.05) is 12.1 Å². The zero-order valence-electron chi connectivity index (χ0n) is 23.2. The van der Waals surface area contributed by atoms with E-state index in [0.717, 1.165) is 17.1 Å². The maximum Gasteiger partial charge on any atom is 0.288 e. The van der Waals surface area contributed by atoms with Crippen molar-refractivity contribution in [3.05, 3.63) is 146 Å². The van der Waals surface area contributed by atoms with E-state index in [4.69, 9.17) is 11.6 Å². The first-order valence-electron chi connectivity index (χ1n) is 13.0. The second kappa shape index (κ2) is 13.6. The minimum Gasteiger partial charge on any atom is -0.288 e. The van der Waals surface area contributed by atoms with Crippen LogP contribution in [0.25, 0.3) is 11.9 Å². The molecule has 0 bridgehead atoms. The first kappa shape index (κ1) is 31.2. The lowest BCUT2D eigenvalue weighted by Gasteiger charge is -2.01. The van der Waals surface area contributed by atoms with Crippen molar-refractivity contribution in [1.29, 1.82) is 10.5 Å². The van der Waals surface area contributed by atoms with Crippen LogP contribution < -0.4 is 5.56 Å². The number of nitrogens with one attached hydrogen (secondary N) is 1. The van der Waals surface area contributed by atoms with Gasteiger partial charge in [-0.1, -0.05) is 48.0 Å². The molecule has 0 spiro atoms. The van der Waals surface area contributed by atoms with Gasteiger partial charge in [-0.3, -0.25) is 9.78 Å². The van der Waals surface area contributed by atoms with Crippen molar-refractivity contribution in [2.45, 2.75) is 12.8 Å². The molecule has 16 heteroatoms. The molecule has 0 saturated carbocycles. The minimum absolute atomic E-state index is 0.0210. The summed E-state index contributed by atoms with van der Waals surface area (Å²) in [5, 5.41) is 26.3. The van der Waals surface area contributed by atoms with Crippen LogP contribution in [-0.2, 0) is 12.8 Å². The molecular formula is C30H17ClF4N10O. The van der Waals surface area contributed by atoms with Crippen LogP contribution in [0.2, 0.25) is 5.15 Å². The number of benzene rings is 2. The number of aromatic nitrogens is 8. The van der Waals surface area contributed by atoms with Gasteiger partial charge in [-0.05, 0) is 23.3 Å². The smallest absolute Gasteiger partial charge is 0.288 e. The molecule has 4 heterocycles. The minimum atomic E-state index is -1.02. The molecule has 228 valence electrons. The molecular weight excluding hydrogens is 628 g/mol. The number of nitriles is 2. The molecule has 46 heavy (non-hydrogen) atoms. The Hall–Kier alpha value is -6.19. The summed E-state index contributed by atoms with van der Waals surface area (Å²) >= 11 is 5.61. The fourth-order valence-corrected chi connectivity index (χ4v) is 4.18. The van der Waals surface area contributed by atoms with Gasteiger partial charge >= 0.3 is 0 Å². The Labute approximate surface area is 261 Å². The summed E-state index contributed by atoms with van der Waals surface area (Å²) in [5.74, 6) is -2.57. The Bertz CT molecular complexity index is 2200. The van der Waals surface area contributed by atoms with Gasteiger partial charge in [0.05, 0.1) is 47.3 Å². The molecule has 0 amide bonds. The zero-order valence-corrected chi connectivity index (χ0v) is 23.9. The van der Waals surface area contributed by atoms with Crippen LogP contribution >= 0.6 is 11.6 Å². The molecule has 0 fully saturated rings. The third kappa shape index (κ3) is 6.96. The number of H-pyrrole nitrogens is 1. The predicted molar refractivity (Wildman–Crippen MR) is 154 cm³/mol. The molecule has 1 N–H and O–H groups in total. The number of hydrogen-bond donors (Lipinski definition) is 1. The molecule has 0 aliphatic heterocycles. The molecule has 6 aromatic rings. The Morgan fingerprint density at radius 3 is 1.78 bits per heavy atom. The quantitative estimate of drug-likeness (QED) is 0.201. The SMILES string of the molecule is N#Cc1cn(-c2ncc(F)c(=O)[nH]2)nc1Cc1ccccc1F.N#Cc1cn(-c2ncc(F)c(Cl)n2)nc1Cc1ccccc1F. The van der Waals surface area contributed by atoms with Gasteiger partial charge in [0.1, 0.15) is 23.8 Å². The van der Waals surface area contributed by atoms with E-state index in [0.29, 0.717) is 22.5 Å². The second-order valence-corrected chi connectivity index (χ2v) is 9.68. The third-order valence-corrected chi connectivity index (χ3v) is 6.57. The van der Waals surface area contributed by atoms with Crippen LogP contribution in [0.3, 0.4) is 0 Å². The normalized spacial score (nSPS) is 10.5. The summed E-state index contributed by atoms with van der Waals surface area (Å²) in [6.07, 6.45) is 4.64. The highest BCUT2D eigenvalue weighted by atomic mass is 35.5. The van der Waals surface area contributed by atoms with E-state index in [1.54, 1.807) is 36.4 Å². The number of aromatic amines is 1. The first-order valence-corrected chi connectivity index (χ1v) is 13.4. The Kier molecular flexibility index (Phi) is 9.25. The van der Waals surface area contributed by atoms with E-state index in [1.165, 1.54) is 29.2 Å². The molecule has 0 aliphatic carbocycles. The highest BCUT2D eigenvalue weighted by molar-refractivity contribution is 6.29. The molecule has 4 aromatic heterocycles. The van der Waals surface area contributed by atoms with E-state index >= 15 is 0 Å². The Balaban J connectivity index is 0.000000181. The lowest BCUT2D eigenvalue weighted by molar-refractivity contribution is 0.594. The average Bonchev–Trinajstić information content (AvgIpc) is 3.66. The van der Waals surface area contributed by atoms with Gasteiger partial charge in [0, 0.05) is 12.8 Å². The predicted octanol–water partition coefficient (Wildman–Crippen LogP) is 4.75. The standard InChI is InChI=1S/C15H8ClF2N5.C15H9F2N5O/c16-14-12(18)7-20-15(21-14)23-8-10(6-19)13(22-23)5-9-3-1-2-4-11(9)17;16-11-4-2-1-3-9(11)5-13-10(6-18)8-22(21-13)15-19-7-12(17)14(23)20-15/h1-4,7-8H,5H2;1-4,7-8H,5H2,(H,19,20,23). The van der Waals surface area contributed by atoms with Crippen molar-refractivity contribution in [3.63, 3.8) is 0 Å². The summed E-state index contributed by atoms with van der Waals surface area (Å²) in [7, 11) is 0. The van der Waals surface area contributed by atoms with E-state index in [9.17, 15) is 32.9 Å². The van der Waals surface area contributed by atoms with Crippen LogP contribution in [0.15, 0.2) is 78.1 Å². The van der Waals surface area contributed by atoms with Crippen LogP contribution in [-0.4, -0.2) is 39.5 Å². The number of nitrogens with zero attached hydrogens (tertiary/aromatic N) is 9. The van der Waals surface area contributed by atoms with Crippen molar-refractivity contribution < 1.29 is 17.6 Å². The topological polar surface area (TPSA) is 155 Å². The van der Waals surface area contributed by atoms with Crippen LogP contribution in [0.5, 0.6) is 0 Å². The van der Waals surface area contributed by atoms with Crippen molar-refractivity contribution in [2.24, 2.45) is 0 Å². The first-order chi connectivity index (χ1) is 22.2. The van der Waals surface area contributed by atoms with Crippen molar-refractivity contribution in [2.75, 3.05) is 0 Å². The molecule has 0 atom stereocenters. The maximum absolute atomic E-state index is 13.7. The molecule has 11 nitrogen and oxygen atoms in total. The van der Waals surface area contributed by atoms with Gasteiger partial charge in [0.25, 0.3) is 11.5 Å². The number of hydrogen-bond acceptors (Lipinski definition) is 8. The highest BCUT2D eigenvalue weighted by Gasteiger charge is 2.16. The van der Waals surface area contributed by atoms with Gasteiger partial charge in [-0.2, -0.15) is 30.1 Å². The van der Waals surface area contributed by atoms with Crippen LogP contribution in [0.4, 0.5) is 17.6 Å². The molecule has 0 unspecified atom stereocenters. The van der Waals surface area contributed by atoms with Gasteiger partial charge < -0.3 is 0 Å². The average molecular weight is 645 g/mol. The lowest BCUT2D eigenvalue weighted by Crippen LogP contribution is -2.16. The number of halogens is 5. The zero-order chi connectivity index (χ0) is 32.8. The second-order valence-electron chi connectivity index (χ2n) is 9.32. The molecule has 0 aliphatic rings. The largest absolute Gasteiger partial charge is 0.288 e. The summed E-state index contributed by atoms with van der Waals surface area (Å²) < 4.78 is 55.9. The van der Waals surface area contributed by atoms with E-state index in [2.05, 4.69) is 30.1 Å². The summed E-state index contributed by atoms with van der Waals surface area (Å²) in [6, 6.07) is 16.3. The van der Waals surface area contributed by atoms with Crippen LogP contribution in [0, 0.1) is 45.9 Å². The van der Waals surface area contributed by atoms with Crippen LogP contribution in [0.1, 0.15) is 33.6 Å². The molecule has 6 rings (SSSR count). The lowest BCUT2D eigenvalue weighted by atomic mass is 10.1. The van der Waals surface area contributed by atoms with E-state index < -0.39 is 23.0 Å². The fourth-order valence-electron chi connectivity index (χ4n) is 4.06. The maximum atomic E-state index is 13.7. The Morgan fingerprint density at radius 2 is 1.26 bits per heavy atom. The molecule has 0 radical (unpaired) electrons. The fraction of sp³-hybridized carbons (Fsp3) is 0.0667. The molecule has 0 saturated heterocycles. The van der Waals surface area contributed by atoms with E-state index in [-0.39, 0.29) is 46.8 Å². The Morgan fingerprint density at radius 1 is 0.739 bits per heavy atom. The molecule has 2 aromatic carbocycles. The third-order valence-electron chi connectivity index (χ3n) is 6.31. The van der Waals surface area contributed by atoms with Gasteiger partial charge in [-0.15, -0.1) is 0 Å². The van der Waals surface area contributed by atoms with Gasteiger partial charge in [0.15, 0.2) is 11.0 Å². The summed E-state index contributed by atoms with van der Waals surface area (Å²) in [6.45, 7) is 0. The van der Waals surface area contributed by atoms with Crippen molar-refractivity contribution >= 4 is 11.6 Å². The summed E-state index contributed by atoms with van der Waals surface area (Å²) in [5.41, 5.74) is 0.991. The van der Waals surface area contributed by atoms with Gasteiger partial charge in [0.2, 0.25) is 11.8 Å². The number of rotatable bonds is 6.